The van der Waals surface area contributed by atoms with Crippen LogP contribution in [0, 0.1) is 0 Å². The van der Waals surface area contributed by atoms with Crippen molar-refractivity contribution in [2.75, 3.05) is 27.2 Å². The van der Waals surface area contributed by atoms with Crippen molar-refractivity contribution in [3.05, 3.63) is 0 Å². The highest BCUT2D eigenvalue weighted by Crippen LogP contribution is 2.12. The standard InChI is InChI=1S/C11H24N2O2/c1-5-11(15,6-2)9-12-8-7-10(14)13(3)4/h12,15H,5-9H2,1-4H3. The molecule has 1 amide bonds. The molecule has 0 fully saturated rings. The summed E-state index contributed by atoms with van der Waals surface area (Å²) in [5.41, 5.74) is -0.624. The summed E-state index contributed by atoms with van der Waals surface area (Å²) in [6, 6.07) is 0. The highest BCUT2D eigenvalue weighted by molar-refractivity contribution is 5.75. The van der Waals surface area contributed by atoms with Crippen molar-refractivity contribution in [3.8, 4) is 0 Å². The summed E-state index contributed by atoms with van der Waals surface area (Å²) in [5.74, 6) is 0.110. The minimum atomic E-state index is -0.624. The summed E-state index contributed by atoms with van der Waals surface area (Å²) in [6.07, 6.45) is 1.95. The minimum Gasteiger partial charge on any atom is -0.389 e. The second kappa shape index (κ2) is 6.80. The fourth-order valence-electron chi connectivity index (χ4n) is 1.24. The first-order valence-electron chi connectivity index (χ1n) is 5.58. The second-order valence-corrected chi connectivity index (χ2v) is 4.15. The van der Waals surface area contributed by atoms with Gasteiger partial charge in [0.2, 0.25) is 5.91 Å². The molecule has 0 radical (unpaired) electrons. The quantitative estimate of drug-likeness (QED) is 0.613. The number of rotatable bonds is 7. The van der Waals surface area contributed by atoms with Gasteiger partial charge >= 0.3 is 0 Å². The van der Waals surface area contributed by atoms with Crippen molar-refractivity contribution < 1.29 is 9.90 Å². The van der Waals surface area contributed by atoms with Gasteiger partial charge in [-0.3, -0.25) is 4.79 Å². The lowest BCUT2D eigenvalue weighted by molar-refractivity contribution is -0.128. The second-order valence-electron chi connectivity index (χ2n) is 4.15. The predicted molar refractivity (Wildman–Crippen MR) is 61.7 cm³/mol. The van der Waals surface area contributed by atoms with E-state index in [1.54, 1.807) is 19.0 Å². The maximum atomic E-state index is 11.2. The Morgan fingerprint density at radius 3 is 2.27 bits per heavy atom. The van der Waals surface area contributed by atoms with E-state index in [1.807, 2.05) is 13.8 Å². The Kier molecular flexibility index (Phi) is 6.52. The average Bonchev–Trinajstić information content (AvgIpc) is 2.23. The van der Waals surface area contributed by atoms with Crippen LogP contribution in [-0.2, 0) is 4.79 Å². The summed E-state index contributed by atoms with van der Waals surface area (Å²) in [6.45, 7) is 5.12. The number of hydrogen-bond acceptors (Lipinski definition) is 3. The van der Waals surface area contributed by atoms with Gasteiger partial charge in [-0.25, -0.2) is 0 Å². The molecule has 90 valence electrons. The molecule has 2 N–H and O–H groups in total. The van der Waals surface area contributed by atoms with E-state index in [0.717, 1.165) is 12.8 Å². The van der Waals surface area contributed by atoms with E-state index in [9.17, 15) is 9.90 Å². The molecule has 0 aromatic carbocycles. The molecule has 0 aromatic heterocycles. The number of hydrogen-bond donors (Lipinski definition) is 2. The van der Waals surface area contributed by atoms with Crippen molar-refractivity contribution in [1.29, 1.82) is 0 Å². The Morgan fingerprint density at radius 1 is 1.33 bits per heavy atom. The van der Waals surface area contributed by atoms with Crippen LogP contribution in [0.25, 0.3) is 0 Å². The van der Waals surface area contributed by atoms with Gasteiger partial charge in [0.1, 0.15) is 0 Å². The molecule has 0 unspecified atom stereocenters. The molecule has 0 bridgehead atoms. The summed E-state index contributed by atoms with van der Waals surface area (Å²) < 4.78 is 0. The molecule has 0 rings (SSSR count). The molecule has 0 saturated carbocycles. The lowest BCUT2D eigenvalue weighted by atomic mass is 9.98. The van der Waals surface area contributed by atoms with E-state index in [0.29, 0.717) is 19.5 Å². The summed E-state index contributed by atoms with van der Waals surface area (Å²) in [4.78, 5) is 12.8. The molecular weight excluding hydrogens is 192 g/mol. The number of carbonyl (C=O) groups excluding carboxylic acids is 1. The van der Waals surface area contributed by atoms with Gasteiger partial charge in [0.15, 0.2) is 0 Å². The van der Waals surface area contributed by atoms with Gasteiger partial charge in [-0.15, -0.1) is 0 Å². The average molecular weight is 216 g/mol. The molecule has 15 heavy (non-hydrogen) atoms. The number of carbonyl (C=O) groups is 1. The largest absolute Gasteiger partial charge is 0.389 e. The summed E-state index contributed by atoms with van der Waals surface area (Å²) in [5, 5.41) is 13.1. The van der Waals surface area contributed by atoms with Gasteiger partial charge < -0.3 is 15.3 Å². The Labute approximate surface area is 92.7 Å². The van der Waals surface area contributed by atoms with Crippen LogP contribution in [-0.4, -0.2) is 48.7 Å². The van der Waals surface area contributed by atoms with Crippen LogP contribution < -0.4 is 5.32 Å². The topological polar surface area (TPSA) is 52.6 Å². The molecule has 4 nitrogen and oxygen atoms in total. The van der Waals surface area contributed by atoms with Gasteiger partial charge in [-0.1, -0.05) is 13.8 Å². The molecule has 0 aliphatic rings. The Balaban J connectivity index is 3.66. The fourth-order valence-corrected chi connectivity index (χ4v) is 1.24. The third kappa shape index (κ3) is 5.74. The zero-order chi connectivity index (χ0) is 11.9. The van der Waals surface area contributed by atoms with E-state index >= 15 is 0 Å². The van der Waals surface area contributed by atoms with Crippen LogP contribution in [0.4, 0.5) is 0 Å². The Morgan fingerprint density at radius 2 is 1.87 bits per heavy atom. The van der Waals surface area contributed by atoms with Gasteiger partial charge in [0.05, 0.1) is 5.60 Å². The third-order valence-corrected chi connectivity index (χ3v) is 2.78. The van der Waals surface area contributed by atoms with E-state index in [-0.39, 0.29) is 5.91 Å². The lowest BCUT2D eigenvalue weighted by Gasteiger charge is -2.25. The van der Waals surface area contributed by atoms with Crippen LogP contribution in [0.1, 0.15) is 33.1 Å². The summed E-state index contributed by atoms with van der Waals surface area (Å²) in [7, 11) is 3.49. The lowest BCUT2D eigenvalue weighted by Crippen LogP contribution is -2.40. The van der Waals surface area contributed by atoms with Crippen LogP contribution in [0.15, 0.2) is 0 Å². The predicted octanol–water partition coefficient (Wildman–Crippen LogP) is 0.605. The van der Waals surface area contributed by atoms with Crippen LogP contribution in [0.2, 0.25) is 0 Å². The van der Waals surface area contributed by atoms with Gasteiger partial charge in [0.25, 0.3) is 0 Å². The first-order chi connectivity index (χ1) is 6.95. The Bertz CT molecular complexity index is 189. The van der Waals surface area contributed by atoms with Gasteiger partial charge in [-0.2, -0.15) is 0 Å². The zero-order valence-electron chi connectivity index (χ0n) is 10.3. The van der Waals surface area contributed by atoms with Crippen LogP contribution >= 0.6 is 0 Å². The molecular formula is C11H24N2O2. The molecule has 0 heterocycles. The van der Waals surface area contributed by atoms with Crippen LogP contribution in [0.5, 0.6) is 0 Å². The van der Waals surface area contributed by atoms with E-state index in [2.05, 4.69) is 5.32 Å². The first-order valence-corrected chi connectivity index (χ1v) is 5.58. The molecule has 0 spiro atoms. The Hall–Kier alpha value is -0.610. The number of nitrogens with zero attached hydrogens (tertiary/aromatic N) is 1. The van der Waals surface area contributed by atoms with Crippen LogP contribution in [0.3, 0.4) is 0 Å². The number of amides is 1. The smallest absolute Gasteiger partial charge is 0.223 e. The highest BCUT2D eigenvalue weighted by Gasteiger charge is 2.21. The molecule has 0 saturated heterocycles. The van der Waals surface area contributed by atoms with E-state index < -0.39 is 5.60 Å². The van der Waals surface area contributed by atoms with Gasteiger partial charge in [0, 0.05) is 33.6 Å². The van der Waals surface area contributed by atoms with Gasteiger partial charge in [-0.05, 0) is 12.8 Å². The normalized spacial score (nSPS) is 11.5. The number of nitrogens with one attached hydrogen (secondary N) is 1. The fraction of sp³-hybridized carbons (Fsp3) is 0.909. The van der Waals surface area contributed by atoms with Crippen molar-refractivity contribution in [2.45, 2.75) is 38.7 Å². The summed E-state index contributed by atoms with van der Waals surface area (Å²) >= 11 is 0. The van der Waals surface area contributed by atoms with Crippen molar-refractivity contribution in [2.24, 2.45) is 0 Å². The zero-order valence-corrected chi connectivity index (χ0v) is 10.3. The SMILES string of the molecule is CCC(O)(CC)CNCCC(=O)N(C)C. The van der Waals surface area contributed by atoms with Crippen molar-refractivity contribution >= 4 is 5.91 Å². The van der Waals surface area contributed by atoms with Crippen molar-refractivity contribution in [1.82, 2.24) is 10.2 Å². The molecule has 0 aromatic rings. The monoisotopic (exact) mass is 216 g/mol. The number of aliphatic hydroxyl groups is 1. The van der Waals surface area contributed by atoms with E-state index in [1.165, 1.54) is 0 Å². The van der Waals surface area contributed by atoms with Crippen molar-refractivity contribution in [3.63, 3.8) is 0 Å². The minimum absolute atomic E-state index is 0.110. The molecule has 4 heteroatoms. The third-order valence-electron chi connectivity index (χ3n) is 2.78. The maximum Gasteiger partial charge on any atom is 0.223 e. The molecule has 0 atom stereocenters. The maximum absolute atomic E-state index is 11.2. The molecule has 0 aliphatic carbocycles. The first kappa shape index (κ1) is 14.4. The molecule has 0 aliphatic heterocycles. The van der Waals surface area contributed by atoms with E-state index in [4.69, 9.17) is 0 Å². The highest BCUT2D eigenvalue weighted by atomic mass is 16.3.